The molecule has 0 aromatic heterocycles. The van der Waals surface area contributed by atoms with Gasteiger partial charge in [0.2, 0.25) is 15.9 Å². The highest BCUT2D eigenvalue weighted by Crippen LogP contribution is 2.21. The average Bonchev–Trinajstić information content (AvgIpc) is 2.56. The van der Waals surface area contributed by atoms with E-state index < -0.39 is 10.0 Å². The first-order chi connectivity index (χ1) is 11.1. The molecule has 0 saturated carbocycles. The Kier molecular flexibility index (Phi) is 4.99. The third kappa shape index (κ3) is 3.91. The van der Waals surface area contributed by atoms with E-state index in [1.54, 1.807) is 4.31 Å². The number of benzene rings is 1. The maximum atomic E-state index is 12.7. The van der Waals surface area contributed by atoms with E-state index in [9.17, 15) is 13.2 Å². The van der Waals surface area contributed by atoms with Crippen LogP contribution in [-0.2, 0) is 20.6 Å². The molecule has 1 unspecified atom stereocenters. The number of hydrogen-bond acceptors (Lipinski definition) is 4. The van der Waals surface area contributed by atoms with Crippen molar-refractivity contribution in [2.45, 2.75) is 24.6 Å². The number of nitrogens with zero attached hydrogens (tertiary/aromatic N) is 2. The number of amides is 1. The summed E-state index contributed by atoms with van der Waals surface area (Å²) < 4.78 is 26.9. The van der Waals surface area contributed by atoms with Crippen molar-refractivity contribution in [1.29, 1.82) is 0 Å². The maximum Gasteiger partial charge on any atom is 0.236 e. The minimum Gasteiger partial charge on any atom is -0.336 e. The third-order valence-corrected chi connectivity index (χ3v) is 6.33. The lowest BCUT2D eigenvalue weighted by atomic mass is 10.1. The second-order valence-corrected chi connectivity index (χ2v) is 8.13. The van der Waals surface area contributed by atoms with Crippen molar-refractivity contribution in [3.05, 3.63) is 35.9 Å². The molecule has 1 N–H and O–H groups in total. The van der Waals surface area contributed by atoms with E-state index in [0.717, 1.165) is 24.9 Å². The number of carbonyl (C=O) groups excluding carboxylic acids is 1. The van der Waals surface area contributed by atoms with E-state index >= 15 is 0 Å². The Morgan fingerprint density at radius 3 is 2.70 bits per heavy atom. The average molecular weight is 337 g/mol. The fourth-order valence-electron chi connectivity index (χ4n) is 3.31. The summed E-state index contributed by atoms with van der Waals surface area (Å²) in [5.74, 6) is 0.0966. The van der Waals surface area contributed by atoms with E-state index in [4.69, 9.17) is 0 Å². The van der Waals surface area contributed by atoms with Crippen molar-refractivity contribution >= 4 is 15.9 Å². The number of nitrogens with one attached hydrogen (secondary N) is 1. The Labute approximate surface area is 137 Å². The van der Waals surface area contributed by atoms with Crippen LogP contribution in [0, 0.1) is 0 Å². The highest BCUT2D eigenvalue weighted by molar-refractivity contribution is 7.88. The Morgan fingerprint density at radius 1 is 1.17 bits per heavy atom. The van der Waals surface area contributed by atoms with E-state index in [2.05, 4.69) is 5.32 Å². The number of sulfonamides is 1. The van der Waals surface area contributed by atoms with Gasteiger partial charge in [0.25, 0.3) is 0 Å². The van der Waals surface area contributed by atoms with Gasteiger partial charge >= 0.3 is 0 Å². The first-order valence-electron chi connectivity index (χ1n) is 8.08. The molecule has 2 heterocycles. The molecule has 0 aliphatic carbocycles. The highest BCUT2D eigenvalue weighted by Gasteiger charge is 2.34. The Balaban J connectivity index is 1.69. The normalized spacial score (nSPS) is 23.9. The molecule has 7 heteroatoms. The van der Waals surface area contributed by atoms with Crippen molar-refractivity contribution in [3.63, 3.8) is 0 Å². The number of piperidine rings is 1. The van der Waals surface area contributed by atoms with E-state index in [1.807, 2.05) is 35.2 Å². The SMILES string of the molecule is O=C1CNCCN1C1CCCN(S(=O)(=O)Cc2ccccc2)C1. The van der Waals surface area contributed by atoms with Crippen LogP contribution in [0.15, 0.2) is 30.3 Å². The molecule has 2 aliphatic rings. The van der Waals surface area contributed by atoms with Gasteiger partial charge in [-0.1, -0.05) is 30.3 Å². The molecule has 0 radical (unpaired) electrons. The Bertz CT molecular complexity index is 648. The van der Waals surface area contributed by atoms with Crippen LogP contribution in [0.25, 0.3) is 0 Å². The topological polar surface area (TPSA) is 69.7 Å². The van der Waals surface area contributed by atoms with Crippen molar-refractivity contribution in [2.24, 2.45) is 0 Å². The largest absolute Gasteiger partial charge is 0.336 e. The van der Waals surface area contributed by atoms with Gasteiger partial charge in [0.05, 0.1) is 12.3 Å². The van der Waals surface area contributed by atoms with Crippen LogP contribution in [-0.4, -0.2) is 62.3 Å². The number of hydrogen-bond donors (Lipinski definition) is 1. The van der Waals surface area contributed by atoms with Crippen molar-refractivity contribution in [1.82, 2.24) is 14.5 Å². The van der Waals surface area contributed by atoms with Gasteiger partial charge in [-0.3, -0.25) is 4.79 Å². The van der Waals surface area contributed by atoms with Gasteiger partial charge in [0.1, 0.15) is 0 Å². The molecule has 1 aromatic carbocycles. The van der Waals surface area contributed by atoms with Crippen LogP contribution in [0.4, 0.5) is 0 Å². The van der Waals surface area contributed by atoms with Gasteiger partial charge in [-0.05, 0) is 18.4 Å². The van der Waals surface area contributed by atoms with E-state index in [1.165, 1.54) is 0 Å². The van der Waals surface area contributed by atoms with Gasteiger partial charge in [0, 0.05) is 32.2 Å². The second-order valence-electron chi connectivity index (χ2n) is 6.16. The molecule has 1 aromatic rings. The molecule has 3 rings (SSSR count). The van der Waals surface area contributed by atoms with E-state index in [-0.39, 0.29) is 17.7 Å². The lowest BCUT2D eigenvalue weighted by molar-refractivity contribution is -0.135. The van der Waals surface area contributed by atoms with Crippen LogP contribution in [0.1, 0.15) is 18.4 Å². The molecule has 126 valence electrons. The van der Waals surface area contributed by atoms with Crippen molar-refractivity contribution in [2.75, 3.05) is 32.7 Å². The van der Waals surface area contributed by atoms with Gasteiger partial charge in [-0.25, -0.2) is 8.42 Å². The predicted octanol–water partition coefficient (Wildman–Crippen LogP) is 0.413. The van der Waals surface area contributed by atoms with Crippen LogP contribution >= 0.6 is 0 Å². The summed E-state index contributed by atoms with van der Waals surface area (Å²) >= 11 is 0. The Morgan fingerprint density at radius 2 is 1.96 bits per heavy atom. The minimum absolute atomic E-state index is 0.00361. The van der Waals surface area contributed by atoms with Gasteiger partial charge in [-0.2, -0.15) is 4.31 Å². The number of rotatable bonds is 4. The fourth-order valence-corrected chi connectivity index (χ4v) is 4.91. The zero-order valence-electron chi connectivity index (χ0n) is 13.1. The number of carbonyl (C=O) groups is 1. The lowest BCUT2D eigenvalue weighted by Gasteiger charge is -2.40. The highest BCUT2D eigenvalue weighted by atomic mass is 32.2. The summed E-state index contributed by atoms with van der Waals surface area (Å²) in [7, 11) is -3.35. The van der Waals surface area contributed by atoms with Crippen LogP contribution in [0.2, 0.25) is 0 Å². The predicted molar refractivity (Wildman–Crippen MR) is 88.2 cm³/mol. The molecule has 0 spiro atoms. The lowest BCUT2D eigenvalue weighted by Crippen LogP contribution is -2.57. The molecular formula is C16H23N3O3S. The minimum atomic E-state index is -3.35. The first-order valence-corrected chi connectivity index (χ1v) is 9.69. The van der Waals surface area contributed by atoms with Crippen LogP contribution in [0.3, 0.4) is 0 Å². The quantitative estimate of drug-likeness (QED) is 0.864. The standard InChI is InChI=1S/C16H23N3O3S/c20-16-11-17-8-10-19(16)15-7-4-9-18(12-15)23(21,22)13-14-5-2-1-3-6-14/h1-3,5-6,15,17H,4,7-13H2. The van der Waals surface area contributed by atoms with Gasteiger partial charge in [-0.15, -0.1) is 0 Å². The molecule has 23 heavy (non-hydrogen) atoms. The summed E-state index contributed by atoms with van der Waals surface area (Å²) in [4.78, 5) is 13.9. The molecule has 2 aliphatic heterocycles. The summed E-state index contributed by atoms with van der Waals surface area (Å²) in [5, 5.41) is 3.05. The zero-order chi connectivity index (χ0) is 16.3. The molecular weight excluding hydrogens is 314 g/mol. The number of piperazine rings is 1. The van der Waals surface area contributed by atoms with Gasteiger partial charge in [0.15, 0.2) is 0 Å². The summed E-state index contributed by atoms with van der Waals surface area (Å²) in [5.41, 5.74) is 0.799. The maximum absolute atomic E-state index is 12.7. The second kappa shape index (κ2) is 6.98. The molecule has 0 bridgehead atoms. The smallest absolute Gasteiger partial charge is 0.236 e. The summed E-state index contributed by atoms with van der Waals surface area (Å²) in [6, 6.07) is 9.25. The van der Waals surface area contributed by atoms with Crippen LogP contribution < -0.4 is 5.32 Å². The van der Waals surface area contributed by atoms with Crippen LogP contribution in [0.5, 0.6) is 0 Å². The summed E-state index contributed by atoms with van der Waals surface area (Å²) in [6.45, 7) is 2.76. The molecule has 2 fully saturated rings. The molecule has 1 amide bonds. The van der Waals surface area contributed by atoms with Gasteiger partial charge < -0.3 is 10.2 Å². The zero-order valence-corrected chi connectivity index (χ0v) is 14.0. The first kappa shape index (κ1) is 16.4. The molecule has 2 saturated heterocycles. The van der Waals surface area contributed by atoms with E-state index in [0.29, 0.717) is 26.2 Å². The Hall–Kier alpha value is -1.44. The monoisotopic (exact) mass is 337 g/mol. The molecule has 6 nitrogen and oxygen atoms in total. The molecule has 1 atom stereocenters. The summed E-state index contributed by atoms with van der Waals surface area (Å²) in [6.07, 6.45) is 1.68. The third-order valence-electron chi connectivity index (χ3n) is 4.51. The fraction of sp³-hybridized carbons (Fsp3) is 0.562. The van der Waals surface area contributed by atoms with Crippen molar-refractivity contribution < 1.29 is 13.2 Å². The van der Waals surface area contributed by atoms with Crippen molar-refractivity contribution in [3.8, 4) is 0 Å².